The maximum atomic E-state index is 12.3. The van der Waals surface area contributed by atoms with Crippen LogP contribution in [0.1, 0.15) is 38.2 Å². The predicted octanol–water partition coefficient (Wildman–Crippen LogP) is 1.87. The third-order valence-corrected chi connectivity index (χ3v) is 4.12. The first kappa shape index (κ1) is 14.5. The van der Waals surface area contributed by atoms with Crippen LogP contribution in [0, 0.1) is 0 Å². The van der Waals surface area contributed by atoms with Crippen molar-refractivity contribution in [3.63, 3.8) is 0 Å². The van der Waals surface area contributed by atoms with Crippen molar-refractivity contribution in [3.8, 4) is 0 Å². The molecule has 0 aromatic carbocycles. The molecule has 1 amide bonds. The summed E-state index contributed by atoms with van der Waals surface area (Å²) in [5, 5.41) is 9.46. The molecule has 1 atom stereocenters. The number of pyridine rings is 1. The second kappa shape index (κ2) is 6.03. The summed E-state index contributed by atoms with van der Waals surface area (Å²) in [6.07, 6.45) is 6.14. The Hall–Kier alpha value is -1.91. The summed E-state index contributed by atoms with van der Waals surface area (Å²) in [5.41, 5.74) is 0.00363. The average molecular weight is 276 g/mol. The zero-order chi connectivity index (χ0) is 14.6. The number of nitrogens with zero attached hydrogens (tertiary/aromatic N) is 2. The van der Waals surface area contributed by atoms with Crippen LogP contribution in [0.2, 0.25) is 0 Å². The number of amides is 1. The Morgan fingerprint density at radius 1 is 1.50 bits per heavy atom. The number of carboxylic acid groups (broad SMARTS) is 1. The molecule has 5 nitrogen and oxygen atoms in total. The van der Waals surface area contributed by atoms with E-state index < -0.39 is 11.5 Å². The third-order valence-electron chi connectivity index (χ3n) is 4.12. The van der Waals surface area contributed by atoms with Crippen molar-refractivity contribution in [1.82, 2.24) is 9.88 Å². The summed E-state index contributed by atoms with van der Waals surface area (Å²) in [7, 11) is 0. The molecule has 1 aromatic rings. The number of hydrogen-bond donors (Lipinski definition) is 1. The zero-order valence-electron chi connectivity index (χ0n) is 11.7. The molecule has 108 valence electrons. The van der Waals surface area contributed by atoms with Gasteiger partial charge in [0.2, 0.25) is 5.91 Å². The molecule has 0 spiro atoms. The number of rotatable bonds is 5. The largest absolute Gasteiger partial charge is 0.479 e. The fraction of sp³-hybridized carbons (Fsp3) is 0.533. The molecule has 1 N–H and O–H groups in total. The molecule has 0 aliphatic carbocycles. The Bertz CT molecular complexity index is 489. The van der Waals surface area contributed by atoms with E-state index >= 15 is 0 Å². The second-order valence-electron chi connectivity index (χ2n) is 5.20. The lowest BCUT2D eigenvalue weighted by atomic mass is 9.92. The number of aliphatic carboxylic acids is 1. The van der Waals surface area contributed by atoms with Crippen LogP contribution in [0.25, 0.3) is 0 Å². The van der Waals surface area contributed by atoms with Crippen molar-refractivity contribution >= 4 is 11.9 Å². The first-order valence-corrected chi connectivity index (χ1v) is 7.03. The smallest absolute Gasteiger partial charge is 0.329 e. The topological polar surface area (TPSA) is 70.5 Å². The number of hydrogen-bond acceptors (Lipinski definition) is 3. The van der Waals surface area contributed by atoms with Gasteiger partial charge in [-0.25, -0.2) is 4.79 Å². The van der Waals surface area contributed by atoms with Gasteiger partial charge in [0.05, 0.1) is 0 Å². The summed E-state index contributed by atoms with van der Waals surface area (Å²) >= 11 is 0. The first-order chi connectivity index (χ1) is 9.60. The molecule has 1 aromatic heterocycles. The minimum Gasteiger partial charge on any atom is -0.479 e. The van der Waals surface area contributed by atoms with Crippen molar-refractivity contribution in [2.45, 2.75) is 44.6 Å². The highest BCUT2D eigenvalue weighted by molar-refractivity contribution is 5.87. The summed E-state index contributed by atoms with van der Waals surface area (Å²) in [6.45, 7) is 2.38. The summed E-state index contributed by atoms with van der Waals surface area (Å²) < 4.78 is 0. The maximum absolute atomic E-state index is 12.3. The lowest BCUT2D eigenvalue weighted by Crippen LogP contribution is -2.52. The molecular weight excluding hydrogens is 256 g/mol. The fourth-order valence-corrected chi connectivity index (χ4v) is 2.92. The van der Waals surface area contributed by atoms with Crippen molar-refractivity contribution < 1.29 is 14.7 Å². The van der Waals surface area contributed by atoms with Crippen LogP contribution >= 0.6 is 0 Å². The Labute approximate surface area is 118 Å². The van der Waals surface area contributed by atoms with Crippen molar-refractivity contribution in [2.24, 2.45) is 0 Å². The number of carboxylic acids is 1. The van der Waals surface area contributed by atoms with E-state index in [9.17, 15) is 14.7 Å². The van der Waals surface area contributed by atoms with Crippen LogP contribution in [0.15, 0.2) is 24.5 Å². The molecule has 1 aliphatic rings. The standard InChI is InChI=1S/C15H20N2O3/c1-2-15(14(19)20)8-4-10-17(15)13(18)7-6-12-5-3-9-16-11-12/h3,5,9,11H,2,4,6-8,10H2,1H3,(H,19,20). The van der Waals surface area contributed by atoms with E-state index in [0.29, 0.717) is 32.2 Å². The third kappa shape index (κ3) is 2.66. The van der Waals surface area contributed by atoms with Gasteiger partial charge in [-0.1, -0.05) is 13.0 Å². The van der Waals surface area contributed by atoms with Gasteiger partial charge in [-0.15, -0.1) is 0 Å². The molecule has 2 rings (SSSR count). The lowest BCUT2D eigenvalue weighted by molar-refractivity contribution is -0.156. The monoisotopic (exact) mass is 276 g/mol. The quantitative estimate of drug-likeness (QED) is 0.891. The van der Waals surface area contributed by atoms with Crippen LogP contribution in [0.3, 0.4) is 0 Å². The van der Waals surface area contributed by atoms with E-state index in [1.54, 1.807) is 17.3 Å². The minimum atomic E-state index is -0.994. The van der Waals surface area contributed by atoms with E-state index in [2.05, 4.69) is 4.98 Å². The fourth-order valence-electron chi connectivity index (χ4n) is 2.92. The van der Waals surface area contributed by atoms with Crippen LogP contribution in [-0.2, 0) is 16.0 Å². The van der Waals surface area contributed by atoms with Gasteiger partial charge in [0.15, 0.2) is 0 Å². The van der Waals surface area contributed by atoms with E-state index in [1.165, 1.54) is 0 Å². The van der Waals surface area contributed by atoms with Gasteiger partial charge in [-0.3, -0.25) is 9.78 Å². The highest BCUT2D eigenvalue weighted by Crippen LogP contribution is 2.33. The Morgan fingerprint density at radius 3 is 2.90 bits per heavy atom. The first-order valence-electron chi connectivity index (χ1n) is 7.03. The van der Waals surface area contributed by atoms with Crippen LogP contribution < -0.4 is 0 Å². The molecule has 0 saturated carbocycles. The number of carbonyl (C=O) groups excluding carboxylic acids is 1. The molecule has 20 heavy (non-hydrogen) atoms. The highest BCUT2D eigenvalue weighted by atomic mass is 16.4. The van der Waals surface area contributed by atoms with Gasteiger partial charge in [-0.2, -0.15) is 0 Å². The molecule has 2 heterocycles. The van der Waals surface area contributed by atoms with Gasteiger partial charge >= 0.3 is 5.97 Å². The Balaban J connectivity index is 2.03. The molecule has 5 heteroatoms. The van der Waals surface area contributed by atoms with E-state index in [4.69, 9.17) is 0 Å². The summed E-state index contributed by atoms with van der Waals surface area (Å²) in [6, 6.07) is 3.76. The lowest BCUT2D eigenvalue weighted by Gasteiger charge is -2.34. The van der Waals surface area contributed by atoms with Crippen LogP contribution in [-0.4, -0.2) is 39.0 Å². The SMILES string of the molecule is CCC1(C(=O)O)CCCN1C(=O)CCc1cccnc1. The summed E-state index contributed by atoms with van der Waals surface area (Å²) in [5.74, 6) is -0.956. The van der Waals surface area contributed by atoms with Crippen LogP contribution in [0.4, 0.5) is 0 Å². The van der Waals surface area contributed by atoms with Gasteiger partial charge in [0.1, 0.15) is 5.54 Å². The average Bonchev–Trinajstić information content (AvgIpc) is 2.91. The number of carbonyl (C=O) groups is 2. The maximum Gasteiger partial charge on any atom is 0.329 e. The Kier molecular flexibility index (Phi) is 4.37. The highest BCUT2D eigenvalue weighted by Gasteiger charge is 2.48. The summed E-state index contributed by atoms with van der Waals surface area (Å²) in [4.78, 5) is 29.5. The van der Waals surface area contributed by atoms with Gasteiger partial charge < -0.3 is 10.0 Å². The Morgan fingerprint density at radius 2 is 2.30 bits per heavy atom. The molecular formula is C15H20N2O3. The van der Waals surface area contributed by atoms with Gasteiger partial charge in [0, 0.05) is 25.4 Å². The number of aryl methyl sites for hydroxylation is 1. The van der Waals surface area contributed by atoms with Gasteiger partial charge in [0.25, 0.3) is 0 Å². The molecule has 1 fully saturated rings. The number of likely N-dealkylation sites (tertiary alicyclic amines) is 1. The van der Waals surface area contributed by atoms with Crippen molar-refractivity contribution in [3.05, 3.63) is 30.1 Å². The van der Waals surface area contributed by atoms with E-state index in [0.717, 1.165) is 12.0 Å². The molecule has 0 bridgehead atoms. The molecule has 0 radical (unpaired) electrons. The van der Waals surface area contributed by atoms with Gasteiger partial charge in [-0.05, 0) is 37.3 Å². The number of aromatic nitrogens is 1. The molecule has 1 unspecified atom stereocenters. The van der Waals surface area contributed by atoms with E-state index in [1.807, 2.05) is 19.1 Å². The van der Waals surface area contributed by atoms with Crippen molar-refractivity contribution in [2.75, 3.05) is 6.54 Å². The zero-order valence-corrected chi connectivity index (χ0v) is 11.7. The predicted molar refractivity (Wildman–Crippen MR) is 74.2 cm³/mol. The molecule has 1 aliphatic heterocycles. The normalized spacial score (nSPS) is 21.9. The van der Waals surface area contributed by atoms with E-state index in [-0.39, 0.29) is 5.91 Å². The second-order valence-corrected chi connectivity index (χ2v) is 5.20. The van der Waals surface area contributed by atoms with Crippen molar-refractivity contribution in [1.29, 1.82) is 0 Å². The van der Waals surface area contributed by atoms with Crippen LogP contribution in [0.5, 0.6) is 0 Å². The minimum absolute atomic E-state index is 0.0735. The molecule has 1 saturated heterocycles.